The highest BCUT2D eigenvalue weighted by Crippen LogP contribution is 2.37. The number of rotatable bonds is 1. The number of hydrogen-bond donors (Lipinski definition) is 1. The van der Waals surface area contributed by atoms with E-state index < -0.39 is 11.6 Å². The third-order valence-corrected chi connectivity index (χ3v) is 3.90. The first-order valence-corrected chi connectivity index (χ1v) is 6.61. The van der Waals surface area contributed by atoms with Crippen LogP contribution >= 0.6 is 0 Å². The molecule has 3 nitrogen and oxygen atoms in total. The van der Waals surface area contributed by atoms with Crippen molar-refractivity contribution in [3.05, 3.63) is 65.7 Å². The molecule has 1 aliphatic carbocycles. The van der Waals surface area contributed by atoms with Gasteiger partial charge in [0.2, 0.25) is 11.6 Å². The van der Waals surface area contributed by atoms with E-state index in [0.717, 1.165) is 21.9 Å². The van der Waals surface area contributed by atoms with Crippen LogP contribution in [0.4, 0.5) is 0 Å². The molecule has 1 N–H and O–H groups in total. The predicted octanol–water partition coefficient (Wildman–Crippen LogP) is 3.59. The molecule has 0 spiro atoms. The number of carbonyl (C=O) groups is 2. The second-order valence-electron chi connectivity index (χ2n) is 5.10. The molecular weight excluding hydrogens is 264 g/mol. The zero-order valence-electron chi connectivity index (χ0n) is 11.0. The molecular formula is C18H10O3. The van der Waals surface area contributed by atoms with E-state index in [-0.39, 0.29) is 5.75 Å². The number of Topliss-reactive ketones (excluding diaryl/α,β-unsaturated/α-hetero) is 2. The van der Waals surface area contributed by atoms with Crippen molar-refractivity contribution in [1.29, 1.82) is 0 Å². The molecule has 0 bridgehead atoms. The molecule has 0 aliphatic heterocycles. The minimum Gasteiger partial charge on any atom is -0.508 e. The lowest BCUT2D eigenvalue weighted by Gasteiger charge is -2.08. The smallest absolute Gasteiger partial charge is 0.234 e. The number of ketones is 2. The number of aromatic hydroxyl groups is 1. The summed E-state index contributed by atoms with van der Waals surface area (Å²) < 4.78 is 0. The average Bonchev–Trinajstić information content (AvgIpc) is 2.76. The van der Waals surface area contributed by atoms with Gasteiger partial charge in [0.25, 0.3) is 0 Å². The largest absolute Gasteiger partial charge is 0.508 e. The molecule has 3 heteroatoms. The number of carbonyl (C=O) groups excluding carboxylic acids is 2. The van der Waals surface area contributed by atoms with Gasteiger partial charge in [-0.25, -0.2) is 0 Å². The topological polar surface area (TPSA) is 54.4 Å². The molecule has 21 heavy (non-hydrogen) atoms. The predicted molar refractivity (Wildman–Crippen MR) is 79.7 cm³/mol. The van der Waals surface area contributed by atoms with Gasteiger partial charge in [0.15, 0.2) is 0 Å². The van der Waals surface area contributed by atoms with Gasteiger partial charge in [0, 0.05) is 16.5 Å². The lowest BCUT2D eigenvalue weighted by Crippen LogP contribution is -2.07. The molecule has 0 atom stereocenters. The van der Waals surface area contributed by atoms with Gasteiger partial charge in [-0.1, -0.05) is 42.5 Å². The standard InChI is InChI=1S/C18H10O3/c19-12-7-4-10(5-8-12)13-9-6-11-2-1-3-14-15(11)16(13)18(21)17(14)20/h1-9,19H. The first-order valence-electron chi connectivity index (χ1n) is 6.61. The summed E-state index contributed by atoms with van der Waals surface area (Å²) in [5, 5.41) is 11.0. The second kappa shape index (κ2) is 4.03. The highest BCUT2D eigenvalue weighted by Gasteiger charge is 2.32. The molecule has 4 rings (SSSR count). The van der Waals surface area contributed by atoms with Gasteiger partial charge in [-0.05, 0) is 28.6 Å². The summed E-state index contributed by atoms with van der Waals surface area (Å²) in [6.45, 7) is 0. The Hall–Kier alpha value is -2.94. The highest BCUT2D eigenvalue weighted by atomic mass is 16.3. The van der Waals surface area contributed by atoms with Crippen LogP contribution in [0.15, 0.2) is 54.6 Å². The van der Waals surface area contributed by atoms with Gasteiger partial charge in [0.1, 0.15) is 5.75 Å². The van der Waals surface area contributed by atoms with Crippen molar-refractivity contribution in [2.24, 2.45) is 0 Å². The second-order valence-corrected chi connectivity index (χ2v) is 5.10. The molecule has 3 aromatic carbocycles. The van der Waals surface area contributed by atoms with Crippen molar-refractivity contribution in [3.8, 4) is 16.9 Å². The minimum atomic E-state index is -0.454. The minimum absolute atomic E-state index is 0.166. The van der Waals surface area contributed by atoms with E-state index in [1.165, 1.54) is 0 Å². The van der Waals surface area contributed by atoms with E-state index in [0.29, 0.717) is 11.1 Å². The summed E-state index contributed by atoms with van der Waals surface area (Å²) in [5.74, 6) is -0.731. The molecule has 0 saturated carbocycles. The zero-order valence-corrected chi connectivity index (χ0v) is 11.0. The van der Waals surface area contributed by atoms with Crippen LogP contribution in [0.25, 0.3) is 21.9 Å². The molecule has 0 unspecified atom stereocenters. The SMILES string of the molecule is O=C1C(=O)c2c(-c3ccc(O)cc3)ccc3cccc1c23. The van der Waals surface area contributed by atoms with Crippen LogP contribution in [-0.4, -0.2) is 16.7 Å². The summed E-state index contributed by atoms with van der Waals surface area (Å²) >= 11 is 0. The van der Waals surface area contributed by atoms with Crippen LogP contribution < -0.4 is 0 Å². The van der Waals surface area contributed by atoms with Crippen LogP contribution in [0.3, 0.4) is 0 Å². The summed E-state index contributed by atoms with van der Waals surface area (Å²) in [6.07, 6.45) is 0. The fraction of sp³-hybridized carbons (Fsp3) is 0. The van der Waals surface area contributed by atoms with Crippen molar-refractivity contribution in [3.63, 3.8) is 0 Å². The molecule has 0 saturated heterocycles. The van der Waals surface area contributed by atoms with Crippen LogP contribution in [0.5, 0.6) is 5.75 Å². The van der Waals surface area contributed by atoms with Gasteiger partial charge in [-0.3, -0.25) is 9.59 Å². The molecule has 0 amide bonds. The van der Waals surface area contributed by atoms with Gasteiger partial charge in [0.05, 0.1) is 0 Å². The third-order valence-electron chi connectivity index (χ3n) is 3.90. The Morgan fingerprint density at radius 3 is 2.24 bits per heavy atom. The van der Waals surface area contributed by atoms with E-state index in [2.05, 4.69) is 0 Å². The number of phenolic OH excluding ortho intramolecular Hbond substituents is 1. The van der Waals surface area contributed by atoms with Crippen molar-refractivity contribution in [2.45, 2.75) is 0 Å². The Balaban J connectivity index is 2.10. The van der Waals surface area contributed by atoms with Gasteiger partial charge in [-0.2, -0.15) is 0 Å². The Bertz CT molecular complexity index is 921. The Morgan fingerprint density at radius 1 is 0.714 bits per heavy atom. The maximum absolute atomic E-state index is 12.3. The summed E-state index contributed by atoms with van der Waals surface area (Å²) in [4.78, 5) is 24.5. The zero-order chi connectivity index (χ0) is 14.6. The van der Waals surface area contributed by atoms with Gasteiger partial charge >= 0.3 is 0 Å². The summed E-state index contributed by atoms with van der Waals surface area (Å²) in [7, 11) is 0. The first-order chi connectivity index (χ1) is 10.2. The molecule has 100 valence electrons. The van der Waals surface area contributed by atoms with E-state index in [4.69, 9.17) is 0 Å². The van der Waals surface area contributed by atoms with E-state index in [1.807, 2.05) is 18.2 Å². The monoisotopic (exact) mass is 274 g/mol. The highest BCUT2D eigenvalue weighted by molar-refractivity contribution is 6.58. The van der Waals surface area contributed by atoms with Crippen molar-refractivity contribution >= 4 is 22.3 Å². The van der Waals surface area contributed by atoms with Crippen LogP contribution in [0.1, 0.15) is 20.7 Å². The molecule has 0 aromatic heterocycles. The van der Waals surface area contributed by atoms with E-state index in [9.17, 15) is 14.7 Å². The normalized spacial score (nSPS) is 13.1. The van der Waals surface area contributed by atoms with Crippen molar-refractivity contribution < 1.29 is 14.7 Å². The van der Waals surface area contributed by atoms with Gasteiger partial charge < -0.3 is 5.11 Å². The van der Waals surface area contributed by atoms with Gasteiger partial charge in [-0.15, -0.1) is 0 Å². The number of benzene rings is 3. The lowest BCUT2D eigenvalue weighted by atomic mass is 9.95. The third kappa shape index (κ3) is 1.54. The van der Waals surface area contributed by atoms with Crippen molar-refractivity contribution in [2.75, 3.05) is 0 Å². The Labute approximate surface area is 120 Å². The first kappa shape index (κ1) is 11.9. The fourth-order valence-corrected chi connectivity index (χ4v) is 2.92. The Morgan fingerprint density at radius 2 is 1.48 bits per heavy atom. The van der Waals surface area contributed by atoms with Crippen LogP contribution in [-0.2, 0) is 0 Å². The number of hydrogen-bond acceptors (Lipinski definition) is 3. The number of phenols is 1. The Kier molecular flexibility index (Phi) is 2.27. The molecule has 0 radical (unpaired) electrons. The van der Waals surface area contributed by atoms with Crippen LogP contribution in [0, 0.1) is 0 Å². The molecule has 0 heterocycles. The van der Waals surface area contributed by atoms with Crippen LogP contribution in [0.2, 0.25) is 0 Å². The molecule has 1 aliphatic rings. The maximum Gasteiger partial charge on any atom is 0.234 e. The average molecular weight is 274 g/mol. The summed E-state index contributed by atoms with van der Waals surface area (Å²) in [5.41, 5.74) is 2.49. The quantitative estimate of drug-likeness (QED) is 0.690. The fourth-order valence-electron chi connectivity index (χ4n) is 2.92. The van der Waals surface area contributed by atoms with E-state index in [1.54, 1.807) is 36.4 Å². The van der Waals surface area contributed by atoms with E-state index >= 15 is 0 Å². The lowest BCUT2D eigenvalue weighted by molar-refractivity contribution is 0.0825. The molecule has 0 fully saturated rings. The summed E-state index contributed by atoms with van der Waals surface area (Å²) in [6, 6.07) is 15.8. The maximum atomic E-state index is 12.3. The van der Waals surface area contributed by atoms with Crippen molar-refractivity contribution in [1.82, 2.24) is 0 Å². The molecule has 3 aromatic rings.